The molecule has 0 rings (SSSR count). The molecule has 0 saturated carbocycles. The first-order valence-corrected chi connectivity index (χ1v) is 4.70. The van der Waals surface area contributed by atoms with E-state index in [9.17, 15) is 4.79 Å². The van der Waals surface area contributed by atoms with Crippen LogP contribution in [-0.2, 0) is 19.0 Å². The molecule has 1 atom stereocenters. The van der Waals surface area contributed by atoms with Crippen molar-refractivity contribution in [2.24, 2.45) is 0 Å². The average Bonchev–Trinajstić information content (AvgIpc) is 2.19. The van der Waals surface area contributed by atoms with Gasteiger partial charge in [-0.1, -0.05) is 6.92 Å². The molecule has 0 bridgehead atoms. The van der Waals surface area contributed by atoms with Crippen LogP contribution in [-0.4, -0.2) is 32.6 Å². The summed E-state index contributed by atoms with van der Waals surface area (Å²) in [6, 6.07) is 0. The first-order chi connectivity index (χ1) is 6.74. The molecule has 4 heteroatoms. The monoisotopic (exact) mass is 202 g/mol. The molecule has 0 saturated heterocycles. The van der Waals surface area contributed by atoms with Gasteiger partial charge in [-0.2, -0.15) is 0 Å². The molecular weight excluding hydrogens is 184 g/mol. The van der Waals surface area contributed by atoms with E-state index in [1.807, 2.05) is 6.92 Å². The zero-order valence-electron chi connectivity index (χ0n) is 8.99. The molecule has 14 heavy (non-hydrogen) atoms. The van der Waals surface area contributed by atoms with Crippen molar-refractivity contribution in [1.82, 2.24) is 0 Å². The normalized spacial score (nSPS) is 13.1. The molecule has 0 spiro atoms. The molecule has 0 aliphatic rings. The van der Waals surface area contributed by atoms with Gasteiger partial charge in [-0.05, 0) is 19.4 Å². The van der Waals surface area contributed by atoms with Crippen LogP contribution in [0.3, 0.4) is 0 Å². The van der Waals surface area contributed by atoms with Crippen molar-refractivity contribution in [2.45, 2.75) is 26.4 Å². The maximum atomic E-state index is 10.9. The number of esters is 1. The molecule has 0 amide bonds. The van der Waals surface area contributed by atoms with Crippen LogP contribution in [0.15, 0.2) is 12.2 Å². The van der Waals surface area contributed by atoms with E-state index in [0.29, 0.717) is 6.61 Å². The lowest BCUT2D eigenvalue weighted by Gasteiger charge is -2.10. The highest BCUT2D eigenvalue weighted by atomic mass is 16.7. The van der Waals surface area contributed by atoms with Crippen LogP contribution >= 0.6 is 0 Å². The number of carbonyl (C=O) groups is 1. The molecule has 0 heterocycles. The average molecular weight is 202 g/mol. The van der Waals surface area contributed by atoms with Crippen LogP contribution in [0.2, 0.25) is 0 Å². The van der Waals surface area contributed by atoms with Gasteiger partial charge in [0, 0.05) is 13.2 Å². The van der Waals surface area contributed by atoms with Crippen LogP contribution in [0, 0.1) is 0 Å². The summed E-state index contributed by atoms with van der Waals surface area (Å²) in [7, 11) is 1.56. The minimum absolute atomic E-state index is 0.0978. The largest absolute Gasteiger partial charge is 0.463 e. The Bertz CT molecular complexity index is 177. The quantitative estimate of drug-likeness (QED) is 0.356. The van der Waals surface area contributed by atoms with Crippen molar-refractivity contribution in [2.75, 3.05) is 20.5 Å². The van der Waals surface area contributed by atoms with Crippen molar-refractivity contribution >= 4 is 5.97 Å². The van der Waals surface area contributed by atoms with Gasteiger partial charge in [-0.3, -0.25) is 0 Å². The van der Waals surface area contributed by atoms with Gasteiger partial charge in [-0.15, -0.1) is 0 Å². The molecule has 0 radical (unpaired) electrons. The summed E-state index contributed by atoms with van der Waals surface area (Å²) >= 11 is 0. The Labute approximate surface area is 84.8 Å². The number of hydrogen-bond donors (Lipinski definition) is 0. The lowest BCUT2D eigenvalue weighted by Crippen LogP contribution is -2.11. The van der Waals surface area contributed by atoms with Gasteiger partial charge in [0.05, 0.1) is 12.7 Å². The van der Waals surface area contributed by atoms with Crippen LogP contribution in [0.5, 0.6) is 0 Å². The Morgan fingerprint density at radius 2 is 2.14 bits per heavy atom. The topological polar surface area (TPSA) is 44.8 Å². The second kappa shape index (κ2) is 8.72. The van der Waals surface area contributed by atoms with E-state index in [1.165, 1.54) is 6.08 Å². The molecule has 0 aliphatic carbocycles. The molecule has 4 nitrogen and oxygen atoms in total. The molecule has 0 aromatic rings. The summed E-state index contributed by atoms with van der Waals surface area (Å²) in [5.41, 5.74) is 0. The second-order valence-electron chi connectivity index (χ2n) is 2.63. The van der Waals surface area contributed by atoms with Crippen LogP contribution in [0.25, 0.3) is 0 Å². The van der Waals surface area contributed by atoms with Crippen molar-refractivity contribution in [3.63, 3.8) is 0 Å². The number of carbonyl (C=O) groups excluding carboxylic acids is 1. The van der Waals surface area contributed by atoms with Crippen molar-refractivity contribution in [3.05, 3.63) is 12.2 Å². The van der Waals surface area contributed by atoms with E-state index >= 15 is 0 Å². The summed E-state index contributed by atoms with van der Waals surface area (Å²) in [4.78, 5) is 10.9. The third kappa shape index (κ3) is 6.62. The van der Waals surface area contributed by atoms with Gasteiger partial charge in [-0.25, -0.2) is 4.79 Å². The first-order valence-electron chi connectivity index (χ1n) is 4.70. The van der Waals surface area contributed by atoms with Gasteiger partial charge >= 0.3 is 5.97 Å². The Balaban J connectivity index is 3.84. The fourth-order valence-corrected chi connectivity index (χ4v) is 0.841. The molecule has 0 aromatic carbocycles. The number of hydrogen-bond acceptors (Lipinski definition) is 4. The fourth-order valence-electron chi connectivity index (χ4n) is 0.841. The molecular formula is C10H18O4. The Kier molecular flexibility index (Phi) is 8.17. The minimum atomic E-state index is -0.341. The van der Waals surface area contributed by atoms with Crippen LogP contribution in [0.1, 0.15) is 20.3 Å². The van der Waals surface area contributed by atoms with Crippen LogP contribution in [0.4, 0.5) is 0 Å². The lowest BCUT2D eigenvalue weighted by molar-refractivity contribution is -0.137. The summed E-state index contributed by atoms with van der Waals surface area (Å²) in [6.07, 6.45) is 3.75. The van der Waals surface area contributed by atoms with Gasteiger partial charge in [0.15, 0.2) is 0 Å². The summed E-state index contributed by atoms with van der Waals surface area (Å²) in [5.74, 6) is -0.341. The molecule has 82 valence electrons. The standard InChI is InChI=1S/C10H18O4/c1-4-9(14-8-12-3)6-7-10(11)13-5-2/h6-7,9H,4-5,8H2,1-3H3/b7-6+/t9-/m1/s1. The SMILES string of the molecule is CCOC(=O)/C=C/[C@@H](CC)OCOC. The highest BCUT2D eigenvalue weighted by Crippen LogP contribution is 2.00. The highest BCUT2D eigenvalue weighted by Gasteiger charge is 2.02. The smallest absolute Gasteiger partial charge is 0.330 e. The van der Waals surface area contributed by atoms with Crippen LogP contribution < -0.4 is 0 Å². The Morgan fingerprint density at radius 1 is 1.43 bits per heavy atom. The summed E-state index contributed by atoms with van der Waals surface area (Å²) in [5, 5.41) is 0. The van der Waals surface area contributed by atoms with Gasteiger partial charge in [0.2, 0.25) is 0 Å². The Morgan fingerprint density at radius 3 is 2.64 bits per heavy atom. The zero-order valence-corrected chi connectivity index (χ0v) is 8.99. The second-order valence-corrected chi connectivity index (χ2v) is 2.63. The lowest BCUT2D eigenvalue weighted by atomic mass is 10.2. The van der Waals surface area contributed by atoms with Crippen molar-refractivity contribution in [1.29, 1.82) is 0 Å². The van der Waals surface area contributed by atoms with Crippen molar-refractivity contribution < 1.29 is 19.0 Å². The fraction of sp³-hybridized carbons (Fsp3) is 0.700. The maximum absolute atomic E-state index is 10.9. The molecule has 0 aliphatic heterocycles. The van der Waals surface area contributed by atoms with E-state index in [-0.39, 0.29) is 18.9 Å². The van der Waals surface area contributed by atoms with Gasteiger partial charge in [0.25, 0.3) is 0 Å². The van der Waals surface area contributed by atoms with Crippen molar-refractivity contribution in [3.8, 4) is 0 Å². The zero-order chi connectivity index (χ0) is 10.8. The minimum Gasteiger partial charge on any atom is -0.463 e. The third-order valence-electron chi connectivity index (χ3n) is 1.54. The summed E-state index contributed by atoms with van der Waals surface area (Å²) in [6.45, 7) is 4.35. The molecule has 0 fully saturated rings. The number of methoxy groups -OCH3 is 1. The first kappa shape index (κ1) is 13.1. The molecule has 0 N–H and O–H groups in total. The van der Waals surface area contributed by atoms with Gasteiger partial charge in [0.1, 0.15) is 6.79 Å². The maximum Gasteiger partial charge on any atom is 0.330 e. The predicted octanol–water partition coefficient (Wildman–Crippen LogP) is 1.50. The number of ether oxygens (including phenoxy) is 3. The van der Waals surface area contributed by atoms with E-state index in [4.69, 9.17) is 14.2 Å². The Hall–Kier alpha value is -0.870. The van der Waals surface area contributed by atoms with Gasteiger partial charge < -0.3 is 14.2 Å². The van der Waals surface area contributed by atoms with E-state index in [2.05, 4.69) is 0 Å². The molecule has 0 unspecified atom stereocenters. The third-order valence-corrected chi connectivity index (χ3v) is 1.54. The summed E-state index contributed by atoms with van der Waals surface area (Å²) < 4.78 is 14.7. The predicted molar refractivity (Wildman–Crippen MR) is 52.8 cm³/mol. The molecule has 0 aromatic heterocycles. The van der Waals surface area contributed by atoms with E-state index in [1.54, 1.807) is 20.1 Å². The number of rotatable bonds is 7. The highest BCUT2D eigenvalue weighted by molar-refractivity contribution is 5.81. The van der Waals surface area contributed by atoms with E-state index in [0.717, 1.165) is 6.42 Å². The van der Waals surface area contributed by atoms with E-state index < -0.39 is 0 Å².